The molecule has 3 heterocycles. The van der Waals surface area contributed by atoms with E-state index in [0.717, 1.165) is 11.6 Å². The summed E-state index contributed by atoms with van der Waals surface area (Å²) in [5, 5.41) is 14.8. The molecule has 1 saturated heterocycles. The first-order valence-electron chi connectivity index (χ1n) is 12.6. The molecule has 3 aromatic rings. The maximum atomic E-state index is 13.7. The maximum Gasteiger partial charge on any atom is 0.416 e. The van der Waals surface area contributed by atoms with Gasteiger partial charge in [-0.05, 0) is 36.8 Å². The Hall–Kier alpha value is -4.06. The molecule has 1 aromatic heterocycles. The smallest absolute Gasteiger partial charge is 0.416 e. The predicted molar refractivity (Wildman–Crippen MR) is 141 cm³/mol. The molecule has 0 spiro atoms. The molecule has 2 aliphatic rings. The number of morpholine rings is 1. The van der Waals surface area contributed by atoms with E-state index in [9.17, 15) is 18.0 Å². The number of fused-ring (bicyclic) bond motifs is 1. The third-order valence-corrected chi connectivity index (χ3v) is 6.73. The van der Waals surface area contributed by atoms with Crippen LogP contribution in [0, 0.1) is 6.92 Å². The average molecular weight is 543 g/mol. The summed E-state index contributed by atoms with van der Waals surface area (Å²) in [6.07, 6.45) is -4.45. The number of anilines is 4. The van der Waals surface area contributed by atoms with E-state index in [1.165, 1.54) is 13.2 Å². The van der Waals surface area contributed by atoms with Gasteiger partial charge in [0.25, 0.3) is 5.91 Å². The molecule has 1 fully saturated rings. The summed E-state index contributed by atoms with van der Waals surface area (Å²) in [5.41, 5.74) is 2.00. The molecule has 2 aliphatic heterocycles. The van der Waals surface area contributed by atoms with E-state index in [2.05, 4.69) is 20.8 Å². The van der Waals surface area contributed by atoms with Crippen molar-refractivity contribution in [3.05, 3.63) is 64.7 Å². The summed E-state index contributed by atoms with van der Waals surface area (Å²) < 4.78 is 51.9. The number of benzene rings is 2. The standard InChI is InChI=1S/C27H29F3N6O3/c1-17-3-5-20(27(28,29)30)19(13-17)16-36-8-7-31-25-22(36)15-24(33-34-25)32-21-6-4-18(14-23(21)38-2)26(37)35-9-11-39-12-10-35/h3-6,13-15H,7-12,16H2,1-2H3,(H,31,34)(H,32,33). The lowest BCUT2D eigenvalue weighted by Gasteiger charge is -2.32. The Kier molecular flexibility index (Phi) is 7.47. The fourth-order valence-corrected chi connectivity index (χ4v) is 4.75. The number of carbonyl (C=O) groups excluding carboxylic acids is 1. The first-order chi connectivity index (χ1) is 18.7. The van der Waals surface area contributed by atoms with Gasteiger partial charge in [0.1, 0.15) is 5.75 Å². The van der Waals surface area contributed by atoms with Crippen LogP contribution in [-0.4, -0.2) is 67.5 Å². The number of alkyl halides is 3. The molecule has 39 heavy (non-hydrogen) atoms. The van der Waals surface area contributed by atoms with E-state index >= 15 is 0 Å². The normalized spacial score (nSPS) is 15.4. The molecular formula is C27H29F3N6O3. The van der Waals surface area contributed by atoms with E-state index in [0.29, 0.717) is 73.7 Å². The zero-order valence-electron chi connectivity index (χ0n) is 21.6. The number of amides is 1. The van der Waals surface area contributed by atoms with Crippen LogP contribution in [0.1, 0.15) is 27.0 Å². The minimum atomic E-state index is -4.45. The minimum absolute atomic E-state index is 0.0675. The number of aryl methyl sites for hydroxylation is 1. The van der Waals surface area contributed by atoms with Gasteiger partial charge in [0, 0.05) is 44.4 Å². The maximum absolute atomic E-state index is 13.7. The Morgan fingerprint density at radius 1 is 1.10 bits per heavy atom. The molecule has 0 bridgehead atoms. The second-order valence-corrected chi connectivity index (χ2v) is 9.41. The van der Waals surface area contributed by atoms with Crippen molar-refractivity contribution in [1.82, 2.24) is 15.1 Å². The van der Waals surface area contributed by atoms with Crippen LogP contribution < -0.4 is 20.3 Å². The van der Waals surface area contributed by atoms with E-state index < -0.39 is 11.7 Å². The third-order valence-electron chi connectivity index (χ3n) is 6.73. The summed E-state index contributed by atoms with van der Waals surface area (Å²) in [6, 6.07) is 11.0. The van der Waals surface area contributed by atoms with Gasteiger partial charge in [-0.25, -0.2) is 0 Å². The van der Waals surface area contributed by atoms with Crippen LogP contribution in [0.5, 0.6) is 5.75 Å². The van der Waals surface area contributed by atoms with Crippen molar-refractivity contribution in [2.45, 2.75) is 19.6 Å². The van der Waals surface area contributed by atoms with Gasteiger partial charge >= 0.3 is 6.18 Å². The van der Waals surface area contributed by atoms with Gasteiger partial charge in [-0.15, -0.1) is 10.2 Å². The summed E-state index contributed by atoms with van der Waals surface area (Å²) in [4.78, 5) is 16.5. The van der Waals surface area contributed by atoms with Crippen molar-refractivity contribution in [3.63, 3.8) is 0 Å². The summed E-state index contributed by atoms with van der Waals surface area (Å²) in [6.45, 7) is 4.93. The van der Waals surface area contributed by atoms with E-state index in [1.54, 1.807) is 42.2 Å². The van der Waals surface area contributed by atoms with Crippen LogP contribution in [0.25, 0.3) is 0 Å². The summed E-state index contributed by atoms with van der Waals surface area (Å²) in [7, 11) is 1.51. The van der Waals surface area contributed by atoms with Crippen LogP contribution >= 0.6 is 0 Å². The quantitative estimate of drug-likeness (QED) is 0.472. The molecule has 2 N–H and O–H groups in total. The molecule has 12 heteroatoms. The Morgan fingerprint density at radius 2 is 1.90 bits per heavy atom. The Labute approximate surface area is 223 Å². The van der Waals surface area contributed by atoms with Gasteiger partial charge in [0.2, 0.25) is 0 Å². The highest BCUT2D eigenvalue weighted by Gasteiger charge is 2.34. The van der Waals surface area contributed by atoms with E-state index in [-0.39, 0.29) is 18.0 Å². The average Bonchev–Trinajstić information content (AvgIpc) is 2.93. The number of carbonyl (C=O) groups is 1. The van der Waals surface area contributed by atoms with Gasteiger partial charge in [-0.2, -0.15) is 13.2 Å². The highest BCUT2D eigenvalue weighted by molar-refractivity contribution is 5.95. The number of aromatic nitrogens is 2. The first-order valence-corrected chi connectivity index (χ1v) is 12.6. The molecule has 5 rings (SSSR count). The van der Waals surface area contributed by atoms with Crippen molar-refractivity contribution < 1.29 is 27.4 Å². The van der Waals surface area contributed by atoms with E-state index in [1.807, 2.05) is 4.90 Å². The Bertz CT molecular complexity index is 1360. The Morgan fingerprint density at radius 3 is 2.64 bits per heavy atom. The Balaban J connectivity index is 1.39. The van der Waals surface area contributed by atoms with E-state index in [4.69, 9.17) is 9.47 Å². The predicted octanol–water partition coefficient (Wildman–Crippen LogP) is 4.46. The van der Waals surface area contributed by atoms with Crippen LogP contribution in [0.3, 0.4) is 0 Å². The van der Waals surface area contributed by atoms with Gasteiger partial charge in [0.15, 0.2) is 11.6 Å². The third kappa shape index (κ3) is 5.85. The van der Waals surface area contributed by atoms with Crippen molar-refractivity contribution in [2.24, 2.45) is 0 Å². The molecule has 0 aliphatic carbocycles. The van der Waals surface area contributed by atoms with Crippen molar-refractivity contribution in [3.8, 4) is 5.75 Å². The second-order valence-electron chi connectivity index (χ2n) is 9.41. The molecule has 9 nitrogen and oxygen atoms in total. The molecule has 206 valence electrons. The lowest BCUT2D eigenvalue weighted by molar-refractivity contribution is -0.138. The molecule has 0 unspecified atom stereocenters. The van der Waals surface area contributed by atoms with Crippen LogP contribution in [0.15, 0.2) is 42.5 Å². The largest absolute Gasteiger partial charge is 0.495 e. The number of nitrogens with zero attached hydrogens (tertiary/aromatic N) is 4. The molecule has 2 aromatic carbocycles. The van der Waals surface area contributed by atoms with Gasteiger partial charge in [-0.1, -0.05) is 17.7 Å². The van der Waals surface area contributed by atoms with Crippen molar-refractivity contribution in [1.29, 1.82) is 0 Å². The summed E-state index contributed by atoms with van der Waals surface area (Å²) in [5.74, 6) is 1.21. The number of rotatable bonds is 6. The highest BCUT2D eigenvalue weighted by atomic mass is 19.4. The number of halogens is 3. The zero-order chi connectivity index (χ0) is 27.6. The van der Waals surface area contributed by atoms with Crippen LogP contribution in [-0.2, 0) is 17.5 Å². The zero-order valence-corrected chi connectivity index (χ0v) is 21.6. The number of ether oxygens (including phenoxy) is 2. The minimum Gasteiger partial charge on any atom is -0.495 e. The molecular weight excluding hydrogens is 513 g/mol. The molecule has 1 amide bonds. The molecule has 0 atom stereocenters. The SMILES string of the molecule is COc1cc(C(=O)N2CCOCC2)ccc1Nc1cc2c(nn1)NCCN2Cc1cc(C)ccc1C(F)(F)F. The fourth-order valence-electron chi connectivity index (χ4n) is 4.75. The number of nitrogens with one attached hydrogen (secondary N) is 2. The van der Waals surface area contributed by atoms with Crippen LogP contribution in [0.4, 0.5) is 36.2 Å². The lowest BCUT2D eigenvalue weighted by Crippen LogP contribution is -2.40. The monoisotopic (exact) mass is 542 g/mol. The molecule has 0 saturated carbocycles. The second kappa shape index (κ2) is 11.0. The highest BCUT2D eigenvalue weighted by Crippen LogP contribution is 2.36. The lowest BCUT2D eigenvalue weighted by atomic mass is 10.0. The summed E-state index contributed by atoms with van der Waals surface area (Å²) >= 11 is 0. The fraction of sp³-hybridized carbons (Fsp3) is 0.370. The number of hydrogen-bond acceptors (Lipinski definition) is 8. The van der Waals surface area contributed by atoms with Crippen LogP contribution in [0.2, 0.25) is 0 Å². The number of methoxy groups -OCH3 is 1. The van der Waals surface area contributed by atoms with Crippen molar-refractivity contribution >= 4 is 28.9 Å². The van der Waals surface area contributed by atoms with Gasteiger partial charge in [-0.3, -0.25) is 4.79 Å². The van der Waals surface area contributed by atoms with Gasteiger partial charge < -0.3 is 29.9 Å². The topological polar surface area (TPSA) is 91.8 Å². The van der Waals surface area contributed by atoms with Crippen molar-refractivity contribution in [2.75, 3.05) is 62.0 Å². The first kappa shape index (κ1) is 26.5. The number of hydrogen-bond donors (Lipinski definition) is 2. The molecule has 0 radical (unpaired) electrons. The van der Waals surface area contributed by atoms with Gasteiger partial charge in [0.05, 0.1) is 37.3 Å².